The molecule has 0 spiro atoms. The normalized spacial score (nSPS) is 11.6. The van der Waals surface area contributed by atoms with E-state index in [0.29, 0.717) is 43.1 Å². The summed E-state index contributed by atoms with van der Waals surface area (Å²) in [4.78, 5) is 24.2. The highest BCUT2D eigenvalue weighted by Gasteiger charge is 2.28. The molecule has 0 aliphatic heterocycles. The number of para-hydroxylation sites is 2. The topological polar surface area (TPSA) is 81.9 Å². The third-order valence-electron chi connectivity index (χ3n) is 4.86. The van der Waals surface area contributed by atoms with Crippen LogP contribution in [-0.4, -0.2) is 35.5 Å². The highest BCUT2D eigenvalue weighted by molar-refractivity contribution is 5.88. The lowest BCUT2D eigenvalue weighted by Crippen LogP contribution is -2.33. The quantitative estimate of drug-likeness (QED) is 0.640. The first-order valence-corrected chi connectivity index (χ1v) is 9.90. The summed E-state index contributed by atoms with van der Waals surface area (Å²) >= 11 is 0. The Balaban J connectivity index is 1.87. The molecule has 1 atom stereocenters. The molecule has 6 nitrogen and oxygen atoms in total. The first kappa shape index (κ1) is 20.3. The van der Waals surface area contributed by atoms with Crippen LogP contribution in [0.15, 0.2) is 54.6 Å². The number of anilines is 1. The predicted molar refractivity (Wildman–Crippen MR) is 115 cm³/mol. The van der Waals surface area contributed by atoms with Crippen molar-refractivity contribution in [1.82, 2.24) is 15.3 Å². The van der Waals surface area contributed by atoms with Crippen molar-refractivity contribution in [1.29, 1.82) is 5.26 Å². The standard InChI is InChI=1S/C23H25N5O/c1-3-28(4-2)22-21(26-19-12-8-9-13-20(19)27-22)18(16-24)23(29)25-15-14-17-10-6-5-7-11-17/h5-13,18H,3-4,14-15H2,1-2H3,(H,25,29)/t18-/m1/s1. The van der Waals surface area contributed by atoms with Gasteiger partial charge in [-0.25, -0.2) is 9.97 Å². The van der Waals surface area contributed by atoms with Gasteiger partial charge in [-0.3, -0.25) is 4.79 Å². The van der Waals surface area contributed by atoms with Crippen LogP contribution in [0.4, 0.5) is 5.82 Å². The fourth-order valence-electron chi connectivity index (χ4n) is 3.27. The van der Waals surface area contributed by atoms with Crippen LogP contribution in [0.25, 0.3) is 11.0 Å². The molecule has 3 aromatic rings. The van der Waals surface area contributed by atoms with Gasteiger partial charge in [-0.15, -0.1) is 0 Å². The Kier molecular flexibility index (Phi) is 6.75. The molecular formula is C23H25N5O. The molecule has 29 heavy (non-hydrogen) atoms. The number of carbonyl (C=O) groups is 1. The third kappa shape index (κ3) is 4.69. The van der Waals surface area contributed by atoms with Gasteiger partial charge in [0.15, 0.2) is 11.7 Å². The summed E-state index contributed by atoms with van der Waals surface area (Å²) in [6.07, 6.45) is 0.705. The second-order valence-electron chi connectivity index (χ2n) is 6.68. The van der Waals surface area contributed by atoms with E-state index in [-0.39, 0.29) is 5.91 Å². The average molecular weight is 387 g/mol. The van der Waals surface area contributed by atoms with Gasteiger partial charge in [-0.05, 0) is 38.0 Å². The Morgan fingerprint density at radius 2 is 1.66 bits per heavy atom. The number of nitrogens with one attached hydrogen (secondary N) is 1. The van der Waals surface area contributed by atoms with Crippen LogP contribution in [-0.2, 0) is 11.2 Å². The van der Waals surface area contributed by atoms with Gasteiger partial charge in [0, 0.05) is 19.6 Å². The van der Waals surface area contributed by atoms with E-state index in [1.54, 1.807) is 0 Å². The van der Waals surface area contributed by atoms with Crippen molar-refractivity contribution in [2.24, 2.45) is 0 Å². The molecule has 0 bridgehead atoms. The largest absolute Gasteiger partial charge is 0.356 e. The maximum absolute atomic E-state index is 12.8. The van der Waals surface area contributed by atoms with E-state index in [4.69, 9.17) is 4.98 Å². The van der Waals surface area contributed by atoms with Gasteiger partial charge in [0.25, 0.3) is 0 Å². The van der Waals surface area contributed by atoms with E-state index in [1.807, 2.05) is 73.3 Å². The second kappa shape index (κ2) is 9.65. The zero-order valence-corrected chi connectivity index (χ0v) is 16.8. The summed E-state index contributed by atoms with van der Waals surface area (Å²) in [7, 11) is 0. The van der Waals surface area contributed by atoms with Gasteiger partial charge in [0.2, 0.25) is 5.91 Å². The van der Waals surface area contributed by atoms with Crippen LogP contribution in [0, 0.1) is 11.3 Å². The summed E-state index contributed by atoms with van der Waals surface area (Å²) in [5.74, 6) is -0.765. The van der Waals surface area contributed by atoms with Crippen LogP contribution in [0.5, 0.6) is 0 Å². The lowest BCUT2D eigenvalue weighted by atomic mass is 10.0. The molecule has 1 amide bonds. The van der Waals surface area contributed by atoms with E-state index in [2.05, 4.69) is 16.4 Å². The van der Waals surface area contributed by atoms with Gasteiger partial charge < -0.3 is 10.2 Å². The van der Waals surface area contributed by atoms with Crippen molar-refractivity contribution in [2.45, 2.75) is 26.2 Å². The van der Waals surface area contributed by atoms with Crippen molar-refractivity contribution in [2.75, 3.05) is 24.5 Å². The highest BCUT2D eigenvalue weighted by Crippen LogP contribution is 2.27. The molecule has 0 radical (unpaired) electrons. The summed E-state index contributed by atoms with van der Waals surface area (Å²) in [6, 6.07) is 19.6. The maximum atomic E-state index is 12.8. The van der Waals surface area contributed by atoms with Crippen LogP contribution in [0.2, 0.25) is 0 Å². The Hall–Kier alpha value is -3.46. The lowest BCUT2D eigenvalue weighted by Gasteiger charge is -2.24. The Bertz CT molecular complexity index is 1010. The molecule has 2 aromatic carbocycles. The third-order valence-corrected chi connectivity index (χ3v) is 4.86. The molecule has 6 heteroatoms. The average Bonchev–Trinajstić information content (AvgIpc) is 2.76. The summed E-state index contributed by atoms with van der Waals surface area (Å²) in [6.45, 7) is 5.92. The van der Waals surface area contributed by atoms with Crippen molar-refractivity contribution in [3.8, 4) is 6.07 Å². The van der Waals surface area contributed by atoms with Gasteiger partial charge in [-0.2, -0.15) is 5.26 Å². The number of nitriles is 1. The SMILES string of the molecule is CCN(CC)c1nc2ccccc2nc1[C@@H](C#N)C(=O)NCCc1ccccc1. The highest BCUT2D eigenvalue weighted by atomic mass is 16.1. The van der Waals surface area contributed by atoms with E-state index >= 15 is 0 Å². The molecule has 0 unspecified atom stereocenters. The molecule has 3 rings (SSSR count). The molecule has 1 heterocycles. The molecule has 0 saturated carbocycles. The lowest BCUT2D eigenvalue weighted by molar-refractivity contribution is -0.121. The first-order chi connectivity index (χ1) is 14.2. The minimum atomic E-state index is -1.02. The fourth-order valence-corrected chi connectivity index (χ4v) is 3.27. The molecular weight excluding hydrogens is 362 g/mol. The number of fused-ring (bicyclic) bond motifs is 1. The number of rotatable bonds is 8. The minimum Gasteiger partial charge on any atom is -0.356 e. The van der Waals surface area contributed by atoms with E-state index in [0.717, 1.165) is 11.1 Å². The zero-order valence-electron chi connectivity index (χ0n) is 16.8. The van der Waals surface area contributed by atoms with Gasteiger partial charge in [-0.1, -0.05) is 42.5 Å². The van der Waals surface area contributed by atoms with E-state index < -0.39 is 5.92 Å². The van der Waals surface area contributed by atoms with Crippen molar-refractivity contribution >= 4 is 22.8 Å². The van der Waals surface area contributed by atoms with E-state index in [9.17, 15) is 10.1 Å². The summed E-state index contributed by atoms with van der Waals surface area (Å²) in [5, 5.41) is 12.7. The smallest absolute Gasteiger partial charge is 0.243 e. The van der Waals surface area contributed by atoms with Crippen LogP contribution in [0.1, 0.15) is 31.0 Å². The number of aromatic nitrogens is 2. The van der Waals surface area contributed by atoms with Crippen molar-refractivity contribution < 1.29 is 4.79 Å². The second-order valence-corrected chi connectivity index (χ2v) is 6.68. The van der Waals surface area contributed by atoms with Gasteiger partial charge >= 0.3 is 0 Å². The Morgan fingerprint density at radius 1 is 1.03 bits per heavy atom. The number of hydrogen-bond donors (Lipinski definition) is 1. The van der Waals surface area contributed by atoms with Crippen molar-refractivity contribution in [3.05, 3.63) is 65.9 Å². The molecule has 0 saturated heterocycles. The fraction of sp³-hybridized carbons (Fsp3) is 0.304. The molecule has 1 aromatic heterocycles. The minimum absolute atomic E-state index is 0.346. The van der Waals surface area contributed by atoms with Crippen molar-refractivity contribution in [3.63, 3.8) is 0 Å². The predicted octanol–water partition coefficient (Wildman–Crippen LogP) is 3.44. The number of amides is 1. The summed E-state index contributed by atoms with van der Waals surface area (Å²) < 4.78 is 0. The molecule has 0 aliphatic rings. The Morgan fingerprint density at radius 3 is 2.28 bits per heavy atom. The van der Waals surface area contributed by atoms with Gasteiger partial charge in [0.1, 0.15) is 5.69 Å². The van der Waals surface area contributed by atoms with Crippen LogP contribution >= 0.6 is 0 Å². The van der Waals surface area contributed by atoms with Gasteiger partial charge in [0.05, 0.1) is 17.1 Å². The molecule has 148 valence electrons. The number of benzene rings is 2. The van der Waals surface area contributed by atoms with Crippen LogP contribution < -0.4 is 10.2 Å². The Labute approximate surface area is 171 Å². The maximum Gasteiger partial charge on any atom is 0.243 e. The number of nitrogens with zero attached hydrogens (tertiary/aromatic N) is 4. The van der Waals surface area contributed by atoms with E-state index in [1.165, 1.54) is 0 Å². The number of hydrogen-bond acceptors (Lipinski definition) is 5. The molecule has 0 aliphatic carbocycles. The monoisotopic (exact) mass is 387 g/mol. The molecule has 0 fully saturated rings. The first-order valence-electron chi connectivity index (χ1n) is 9.90. The zero-order chi connectivity index (χ0) is 20.6. The summed E-state index contributed by atoms with van der Waals surface area (Å²) in [5.41, 5.74) is 2.97. The van der Waals surface area contributed by atoms with Crippen LogP contribution in [0.3, 0.4) is 0 Å². The number of carbonyl (C=O) groups excluding carboxylic acids is 1. The molecule has 1 N–H and O–H groups in total.